The third-order valence-electron chi connectivity index (χ3n) is 2.71. The zero-order valence-corrected chi connectivity index (χ0v) is 12.1. The molecule has 0 aliphatic carbocycles. The van der Waals surface area contributed by atoms with E-state index in [1.54, 1.807) is 14.0 Å². The summed E-state index contributed by atoms with van der Waals surface area (Å²) in [5.41, 5.74) is 5.59. The molecule has 1 aromatic carbocycles. The van der Waals surface area contributed by atoms with Crippen LogP contribution in [0.15, 0.2) is 29.2 Å². The first kappa shape index (κ1) is 14.8. The number of aromatic nitrogens is 2. The van der Waals surface area contributed by atoms with Crippen LogP contribution in [0.2, 0.25) is 0 Å². The predicted octanol–water partition coefficient (Wildman–Crippen LogP) is 1.02. The van der Waals surface area contributed by atoms with Crippen LogP contribution in [0.1, 0.15) is 5.69 Å². The molecule has 0 fully saturated rings. The average molecular weight is 311 g/mol. The first-order chi connectivity index (χ1) is 9.70. The van der Waals surface area contributed by atoms with Gasteiger partial charge < -0.3 is 5.73 Å². The predicted molar refractivity (Wildman–Crippen MR) is 76.3 cm³/mol. The number of nitro benzene ring substituents is 1. The topological polar surface area (TPSA) is 133 Å². The van der Waals surface area contributed by atoms with E-state index < -0.39 is 25.5 Å². The highest BCUT2D eigenvalue weighted by molar-refractivity contribution is 7.92. The minimum absolute atomic E-state index is 0.108. The second-order valence-electron chi connectivity index (χ2n) is 4.38. The summed E-state index contributed by atoms with van der Waals surface area (Å²) in [6.07, 6.45) is 0. The highest BCUT2D eigenvalue weighted by Crippen LogP contribution is 2.27. The van der Waals surface area contributed by atoms with Crippen molar-refractivity contribution in [3.05, 3.63) is 40.1 Å². The Kier molecular flexibility index (Phi) is 3.56. The van der Waals surface area contributed by atoms with Gasteiger partial charge in [-0.25, -0.2) is 8.42 Å². The number of sulfonamides is 1. The SMILES string of the molecule is Cc1cc(NS(=O)(=O)c2ccc(N)cc2[N+](=O)[O-])n(C)n1. The van der Waals surface area contributed by atoms with Crippen LogP contribution in [0.5, 0.6) is 0 Å². The Labute approximate surface area is 120 Å². The maximum Gasteiger partial charge on any atom is 0.291 e. The molecule has 0 aliphatic heterocycles. The smallest absolute Gasteiger partial charge is 0.291 e. The third-order valence-corrected chi connectivity index (χ3v) is 4.11. The highest BCUT2D eigenvalue weighted by Gasteiger charge is 2.26. The largest absolute Gasteiger partial charge is 0.399 e. The maximum absolute atomic E-state index is 12.3. The number of nitrogen functional groups attached to an aromatic ring is 1. The fourth-order valence-corrected chi connectivity index (χ4v) is 3.04. The number of nitrogens with zero attached hydrogens (tertiary/aromatic N) is 3. The lowest BCUT2D eigenvalue weighted by Crippen LogP contribution is -2.17. The zero-order chi connectivity index (χ0) is 15.8. The van der Waals surface area contributed by atoms with Crippen LogP contribution in [0.25, 0.3) is 0 Å². The number of aryl methyl sites for hydroxylation is 2. The molecule has 0 unspecified atom stereocenters. The second kappa shape index (κ2) is 5.05. The molecule has 9 nitrogen and oxygen atoms in total. The molecule has 0 saturated heterocycles. The number of hydrogen-bond donors (Lipinski definition) is 2. The molecule has 0 radical (unpaired) electrons. The normalized spacial score (nSPS) is 11.3. The molecule has 0 amide bonds. The van der Waals surface area contributed by atoms with Gasteiger partial charge in [0, 0.05) is 24.9 Å². The number of nitrogens with two attached hydrogens (primary N) is 1. The van der Waals surface area contributed by atoms with Crippen molar-refractivity contribution in [2.45, 2.75) is 11.8 Å². The molecule has 10 heteroatoms. The van der Waals surface area contributed by atoms with E-state index in [4.69, 9.17) is 5.73 Å². The minimum Gasteiger partial charge on any atom is -0.399 e. The van der Waals surface area contributed by atoms with Gasteiger partial charge in [-0.3, -0.25) is 19.5 Å². The summed E-state index contributed by atoms with van der Waals surface area (Å²) in [6.45, 7) is 1.70. The Morgan fingerprint density at radius 3 is 2.57 bits per heavy atom. The standard InChI is InChI=1S/C11H13N5O4S/c1-7-5-11(15(2)13-7)14-21(19,20)10-4-3-8(12)6-9(10)16(17)18/h3-6,14H,12H2,1-2H3. The van der Waals surface area contributed by atoms with E-state index in [9.17, 15) is 18.5 Å². The average Bonchev–Trinajstić information content (AvgIpc) is 2.66. The first-order valence-electron chi connectivity index (χ1n) is 5.78. The van der Waals surface area contributed by atoms with Gasteiger partial charge in [0.05, 0.1) is 10.6 Å². The number of anilines is 2. The summed E-state index contributed by atoms with van der Waals surface area (Å²) in [5, 5.41) is 15.0. The van der Waals surface area contributed by atoms with Gasteiger partial charge in [0.25, 0.3) is 15.7 Å². The van der Waals surface area contributed by atoms with Gasteiger partial charge >= 0.3 is 0 Å². The molecule has 1 heterocycles. The lowest BCUT2D eigenvalue weighted by atomic mass is 10.3. The highest BCUT2D eigenvalue weighted by atomic mass is 32.2. The van der Waals surface area contributed by atoms with Crippen molar-refractivity contribution in [1.29, 1.82) is 0 Å². The molecule has 0 saturated carbocycles. The summed E-state index contributed by atoms with van der Waals surface area (Å²) >= 11 is 0. The van der Waals surface area contributed by atoms with Gasteiger partial charge in [-0.2, -0.15) is 5.10 Å². The van der Waals surface area contributed by atoms with Crippen LogP contribution in [-0.2, 0) is 17.1 Å². The van der Waals surface area contributed by atoms with Crippen LogP contribution in [-0.4, -0.2) is 23.1 Å². The fraction of sp³-hybridized carbons (Fsp3) is 0.182. The lowest BCUT2D eigenvalue weighted by Gasteiger charge is -2.08. The van der Waals surface area contributed by atoms with Gasteiger partial charge in [-0.1, -0.05) is 0 Å². The molecule has 1 aromatic heterocycles. The number of nitrogens with one attached hydrogen (secondary N) is 1. The van der Waals surface area contributed by atoms with E-state index in [1.165, 1.54) is 16.8 Å². The van der Waals surface area contributed by atoms with Crippen molar-refractivity contribution in [3.63, 3.8) is 0 Å². The van der Waals surface area contributed by atoms with E-state index >= 15 is 0 Å². The van der Waals surface area contributed by atoms with Gasteiger partial charge in [-0.05, 0) is 19.1 Å². The van der Waals surface area contributed by atoms with Crippen molar-refractivity contribution >= 4 is 27.2 Å². The summed E-state index contributed by atoms with van der Waals surface area (Å²) in [6, 6.07) is 4.90. The monoisotopic (exact) mass is 311 g/mol. The Balaban J connectivity index is 2.50. The molecular weight excluding hydrogens is 298 g/mol. The molecular formula is C11H13N5O4S. The Morgan fingerprint density at radius 1 is 1.38 bits per heavy atom. The van der Waals surface area contributed by atoms with E-state index in [-0.39, 0.29) is 11.5 Å². The molecule has 0 bridgehead atoms. The summed E-state index contributed by atoms with van der Waals surface area (Å²) in [7, 11) is -2.57. The lowest BCUT2D eigenvalue weighted by molar-refractivity contribution is -0.387. The molecule has 3 N–H and O–H groups in total. The minimum atomic E-state index is -4.12. The summed E-state index contributed by atoms with van der Waals surface area (Å²) in [5.74, 6) is 0.207. The first-order valence-corrected chi connectivity index (χ1v) is 7.26. The van der Waals surface area contributed by atoms with Crippen LogP contribution >= 0.6 is 0 Å². The Hall–Kier alpha value is -2.62. The summed E-state index contributed by atoms with van der Waals surface area (Å²) < 4.78 is 28.2. The summed E-state index contributed by atoms with van der Waals surface area (Å²) in [4.78, 5) is 9.73. The van der Waals surface area contributed by atoms with E-state index in [0.29, 0.717) is 5.69 Å². The van der Waals surface area contributed by atoms with E-state index in [2.05, 4.69) is 9.82 Å². The van der Waals surface area contributed by atoms with E-state index in [1.807, 2.05) is 0 Å². The van der Waals surface area contributed by atoms with Crippen LogP contribution in [0.4, 0.5) is 17.2 Å². The van der Waals surface area contributed by atoms with Gasteiger partial charge in [0.1, 0.15) is 5.82 Å². The Morgan fingerprint density at radius 2 is 2.05 bits per heavy atom. The van der Waals surface area contributed by atoms with Crippen LogP contribution in [0, 0.1) is 17.0 Å². The number of hydrogen-bond acceptors (Lipinski definition) is 6. The van der Waals surface area contributed by atoms with Crippen molar-refractivity contribution in [3.8, 4) is 0 Å². The van der Waals surface area contributed by atoms with Gasteiger partial charge in [0.15, 0.2) is 4.90 Å². The molecule has 0 aliphatic rings. The number of rotatable bonds is 4. The molecule has 21 heavy (non-hydrogen) atoms. The zero-order valence-electron chi connectivity index (χ0n) is 11.3. The van der Waals surface area contributed by atoms with E-state index in [0.717, 1.165) is 12.1 Å². The van der Waals surface area contributed by atoms with Gasteiger partial charge in [-0.15, -0.1) is 0 Å². The molecule has 0 spiro atoms. The van der Waals surface area contributed by atoms with Crippen molar-refractivity contribution in [2.75, 3.05) is 10.5 Å². The molecule has 0 atom stereocenters. The molecule has 2 rings (SSSR count). The van der Waals surface area contributed by atoms with Crippen molar-refractivity contribution in [2.24, 2.45) is 7.05 Å². The van der Waals surface area contributed by atoms with Crippen molar-refractivity contribution < 1.29 is 13.3 Å². The molecule has 2 aromatic rings. The fourth-order valence-electron chi connectivity index (χ4n) is 1.80. The third kappa shape index (κ3) is 2.94. The Bertz CT molecular complexity index is 812. The number of nitro groups is 1. The molecule has 112 valence electrons. The number of benzene rings is 1. The van der Waals surface area contributed by atoms with Crippen molar-refractivity contribution in [1.82, 2.24) is 9.78 Å². The quantitative estimate of drug-likeness (QED) is 0.492. The second-order valence-corrected chi connectivity index (χ2v) is 6.04. The van der Waals surface area contributed by atoms with Crippen LogP contribution < -0.4 is 10.5 Å². The van der Waals surface area contributed by atoms with Crippen LogP contribution in [0.3, 0.4) is 0 Å². The maximum atomic E-state index is 12.3. The van der Waals surface area contributed by atoms with Gasteiger partial charge in [0.2, 0.25) is 0 Å².